The Labute approximate surface area is 113 Å². The first kappa shape index (κ1) is 14.9. The number of carbonyl (C=O) groups excluding carboxylic acids is 1. The minimum absolute atomic E-state index is 0.145. The fourth-order valence-electron chi connectivity index (χ4n) is 1.47. The van der Waals surface area contributed by atoms with Crippen LogP contribution in [0.3, 0.4) is 0 Å². The van der Waals surface area contributed by atoms with E-state index in [0.29, 0.717) is 4.47 Å². The van der Waals surface area contributed by atoms with Crippen LogP contribution in [0.15, 0.2) is 22.7 Å². The molecule has 0 saturated heterocycles. The number of rotatable bonds is 5. The maximum Gasteiger partial charge on any atom is 0.308 e. The minimum Gasteiger partial charge on any atom is -0.508 e. The SMILES string of the molecule is CCOC(=O)CC(O)C(O)c1cc(Br)ccc1O. The second-order valence-corrected chi connectivity index (χ2v) is 4.64. The van der Waals surface area contributed by atoms with Crippen LogP contribution in [0.5, 0.6) is 5.75 Å². The molecule has 0 spiro atoms. The Balaban J connectivity index is 2.76. The van der Waals surface area contributed by atoms with Crippen molar-refractivity contribution < 1.29 is 24.9 Å². The lowest BCUT2D eigenvalue weighted by Gasteiger charge is -2.18. The van der Waals surface area contributed by atoms with Crippen molar-refractivity contribution in [3.8, 4) is 5.75 Å². The number of halogens is 1. The number of hydrogen-bond donors (Lipinski definition) is 3. The highest BCUT2D eigenvalue weighted by Crippen LogP contribution is 2.30. The van der Waals surface area contributed by atoms with Gasteiger partial charge in [0.2, 0.25) is 0 Å². The topological polar surface area (TPSA) is 87.0 Å². The Morgan fingerprint density at radius 1 is 1.44 bits per heavy atom. The first-order valence-electron chi connectivity index (χ1n) is 5.45. The predicted molar refractivity (Wildman–Crippen MR) is 68.0 cm³/mol. The summed E-state index contributed by atoms with van der Waals surface area (Å²) in [5.41, 5.74) is 0.154. The largest absolute Gasteiger partial charge is 0.508 e. The molecule has 0 aliphatic heterocycles. The van der Waals surface area contributed by atoms with Gasteiger partial charge in [0.15, 0.2) is 0 Å². The van der Waals surface area contributed by atoms with Crippen LogP contribution in [0.25, 0.3) is 0 Å². The van der Waals surface area contributed by atoms with Gasteiger partial charge in [-0.25, -0.2) is 0 Å². The second kappa shape index (κ2) is 6.72. The first-order chi connectivity index (χ1) is 8.45. The Bertz CT molecular complexity index is 421. The van der Waals surface area contributed by atoms with E-state index in [1.807, 2.05) is 0 Å². The van der Waals surface area contributed by atoms with Crippen molar-refractivity contribution in [2.45, 2.75) is 25.6 Å². The van der Waals surface area contributed by atoms with Crippen molar-refractivity contribution in [3.63, 3.8) is 0 Å². The number of aliphatic hydroxyl groups is 2. The number of ether oxygens (including phenoxy) is 1. The predicted octanol–water partition coefficient (Wildman–Crippen LogP) is 1.50. The average molecular weight is 319 g/mol. The maximum absolute atomic E-state index is 11.2. The molecule has 0 saturated carbocycles. The van der Waals surface area contributed by atoms with Gasteiger partial charge in [0.05, 0.1) is 19.1 Å². The van der Waals surface area contributed by atoms with Crippen molar-refractivity contribution in [2.24, 2.45) is 0 Å². The summed E-state index contributed by atoms with van der Waals surface area (Å²) in [4.78, 5) is 11.2. The molecule has 2 unspecified atom stereocenters. The molecule has 5 nitrogen and oxygen atoms in total. The van der Waals surface area contributed by atoms with Crippen LogP contribution in [0.2, 0.25) is 0 Å². The van der Waals surface area contributed by atoms with E-state index in [4.69, 9.17) is 0 Å². The highest BCUT2D eigenvalue weighted by atomic mass is 79.9. The van der Waals surface area contributed by atoms with E-state index >= 15 is 0 Å². The van der Waals surface area contributed by atoms with Crippen molar-refractivity contribution >= 4 is 21.9 Å². The molecule has 0 aromatic heterocycles. The summed E-state index contributed by atoms with van der Waals surface area (Å²) in [7, 11) is 0. The molecule has 3 N–H and O–H groups in total. The molecule has 0 aliphatic carbocycles. The number of hydrogen-bond acceptors (Lipinski definition) is 5. The summed E-state index contributed by atoms with van der Waals surface area (Å²) in [5.74, 6) is -0.743. The molecule has 0 amide bonds. The molecule has 0 radical (unpaired) electrons. The summed E-state index contributed by atoms with van der Waals surface area (Å²) >= 11 is 3.19. The monoisotopic (exact) mass is 318 g/mol. The van der Waals surface area contributed by atoms with Crippen LogP contribution >= 0.6 is 15.9 Å². The zero-order valence-corrected chi connectivity index (χ0v) is 11.4. The fourth-order valence-corrected chi connectivity index (χ4v) is 1.85. The zero-order chi connectivity index (χ0) is 13.7. The number of carbonyl (C=O) groups is 1. The van der Waals surface area contributed by atoms with E-state index < -0.39 is 18.2 Å². The van der Waals surface area contributed by atoms with Gasteiger partial charge in [0, 0.05) is 10.0 Å². The van der Waals surface area contributed by atoms with Gasteiger partial charge in [-0.05, 0) is 25.1 Å². The van der Waals surface area contributed by atoms with E-state index in [0.717, 1.165) is 0 Å². The van der Waals surface area contributed by atoms with Crippen molar-refractivity contribution in [3.05, 3.63) is 28.2 Å². The van der Waals surface area contributed by atoms with E-state index in [9.17, 15) is 20.1 Å². The fraction of sp³-hybridized carbons (Fsp3) is 0.417. The number of phenolic OH excluding ortho intramolecular Hbond substituents is 1. The molecule has 18 heavy (non-hydrogen) atoms. The van der Waals surface area contributed by atoms with E-state index in [2.05, 4.69) is 20.7 Å². The van der Waals surface area contributed by atoms with Gasteiger partial charge in [-0.1, -0.05) is 15.9 Å². The number of benzene rings is 1. The molecule has 1 rings (SSSR count). The lowest BCUT2D eigenvalue weighted by atomic mass is 10.0. The van der Waals surface area contributed by atoms with Crippen LogP contribution in [0.4, 0.5) is 0 Å². The maximum atomic E-state index is 11.2. The highest BCUT2D eigenvalue weighted by Gasteiger charge is 2.24. The minimum atomic E-state index is -1.35. The molecular formula is C12H15BrO5. The van der Waals surface area contributed by atoms with Gasteiger partial charge >= 0.3 is 5.97 Å². The van der Waals surface area contributed by atoms with E-state index in [1.165, 1.54) is 12.1 Å². The lowest BCUT2D eigenvalue weighted by molar-refractivity contribution is -0.147. The molecule has 0 aliphatic rings. The summed E-state index contributed by atoms with van der Waals surface area (Å²) in [6.07, 6.45) is -3.02. The molecule has 2 atom stereocenters. The lowest BCUT2D eigenvalue weighted by Crippen LogP contribution is -2.23. The van der Waals surface area contributed by atoms with Crippen LogP contribution in [0, 0.1) is 0 Å². The van der Waals surface area contributed by atoms with Gasteiger partial charge in [0.25, 0.3) is 0 Å². The number of aliphatic hydroxyl groups excluding tert-OH is 2. The Kier molecular flexibility index (Phi) is 5.58. The molecule has 0 heterocycles. The number of esters is 1. The molecule has 1 aromatic carbocycles. The summed E-state index contributed by atoms with van der Waals surface area (Å²) in [6, 6.07) is 4.47. The normalized spacial score (nSPS) is 14.0. The zero-order valence-electron chi connectivity index (χ0n) is 9.84. The highest BCUT2D eigenvalue weighted by molar-refractivity contribution is 9.10. The van der Waals surface area contributed by atoms with Crippen LogP contribution in [0.1, 0.15) is 25.0 Å². The van der Waals surface area contributed by atoms with E-state index in [-0.39, 0.29) is 24.3 Å². The average Bonchev–Trinajstić information content (AvgIpc) is 2.31. The Morgan fingerprint density at radius 2 is 2.11 bits per heavy atom. The van der Waals surface area contributed by atoms with Crippen molar-refractivity contribution in [1.29, 1.82) is 0 Å². The smallest absolute Gasteiger partial charge is 0.308 e. The second-order valence-electron chi connectivity index (χ2n) is 3.72. The Hall–Kier alpha value is -1.11. The van der Waals surface area contributed by atoms with Crippen LogP contribution in [-0.4, -0.2) is 34.0 Å². The summed E-state index contributed by atoms with van der Waals surface area (Å²) in [6.45, 7) is 1.87. The van der Waals surface area contributed by atoms with E-state index in [1.54, 1.807) is 13.0 Å². The third-order valence-corrected chi connectivity index (χ3v) is 2.85. The summed E-state index contributed by atoms with van der Waals surface area (Å²) in [5, 5.41) is 29.2. The van der Waals surface area contributed by atoms with Crippen LogP contribution < -0.4 is 0 Å². The van der Waals surface area contributed by atoms with Gasteiger partial charge in [-0.15, -0.1) is 0 Å². The van der Waals surface area contributed by atoms with Gasteiger partial charge in [0.1, 0.15) is 11.9 Å². The first-order valence-corrected chi connectivity index (χ1v) is 6.25. The van der Waals surface area contributed by atoms with Gasteiger partial charge < -0.3 is 20.1 Å². The van der Waals surface area contributed by atoms with Gasteiger partial charge in [-0.2, -0.15) is 0 Å². The van der Waals surface area contributed by atoms with Crippen molar-refractivity contribution in [1.82, 2.24) is 0 Å². The number of aromatic hydroxyl groups is 1. The Morgan fingerprint density at radius 3 is 2.72 bits per heavy atom. The standard InChI is InChI=1S/C12H15BrO5/c1-2-18-11(16)6-10(15)12(17)8-5-7(13)3-4-9(8)14/h3-5,10,12,14-15,17H,2,6H2,1H3. The third-order valence-electron chi connectivity index (χ3n) is 2.35. The summed E-state index contributed by atoms with van der Waals surface area (Å²) < 4.78 is 5.32. The molecule has 100 valence electrons. The number of phenols is 1. The quantitative estimate of drug-likeness (QED) is 0.716. The van der Waals surface area contributed by atoms with Crippen molar-refractivity contribution in [2.75, 3.05) is 6.61 Å². The molecular weight excluding hydrogens is 304 g/mol. The van der Waals surface area contributed by atoms with Crippen LogP contribution in [-0.2, 0) is 9.53 Å². The molecule has 6 heteroatoms. The third kappa shape index (κ3) is 3.97. The molecule has 0 fully saturated rings. The molecule has 1 aromatic rings. The van der Waals surface area contributed by atoms with Gasteiger partial charge in [-0.3, -0.25) is 4.79 Å². The molecule has 0 bridgehead atoms.